The number of nitrogens with one attached hydrogen (secondary N) is 2. The van der Waals surface area contributed by atoms with E-state index in [1.54, 1.807) is 14.0 Å². The van der Waals surface area contributed by atoms with Crippen LogP contribution in [0.5, 0.6) is 0 Å². The van der Waals surface area contributed by atoms with E-state index in [2.05, 4.69) is 52.5 Å². The highest BCUT2D eigenvalue weighted by atomic mass is 79.9. The molecule has 1 aromatic rings. The van der Waals surface area contributed by atoms with Gasteiger partial charge >= 0.3 is 0 Å². The molecule has 0 spiro atoms. The van der Waals surface area contributed by atoms with Gasteiger partial charge in [-0.05, 0) is 45.8 Å². The Morgan fingerprint density at radius 1 is 1.53 bits per heavy atom. The number of hydrogen-bond acceptors (Lipinski definition) is 4. The van der Waals surface area contributed by atoms with Crippen LogP contribution in [0.2, 0.25) is 0 Å². The molecule has 0 saturated heterocycles. The summed E-state index contributed by atoms with van der Waals surface area (Å²) in [5.41, 5.74) is 0. The number of amides is 1. The molecule has 0 aliphatic carbocycles. The zero-order valence-electron chi connectivity index (χ0n) is 8.21. The van der Waals surface area contributed by atoms with Crippen molar-refractivity contribution in [2.75, 3.05) is 12.4 Å². The van der Waals surface area contributed by atoms with E-state index in [4.69, 9.17) is 0 Å². The minimum Gasteiger partial charge on any atom is -0.309 e. The van der Waals surface area contributed by atoms with Gasteiger partial charge in [-0.3, -0.25) is 4.79 Å². The van der Waals surface area contributed by atoms with Gasteiger partial charge in [-0.15, -0.1) is 0 Å². The largest absolute Gasteiger partial charge is 0.309 e. The smallest absolute Gasteiger partial charge is 0.242 e. The van der Waals surface area contributed by atoms with Crippen molar-refractivity contribution in [3.63, 3.8) is 0 Å². The number of halogens is 2. The van der Waals surface area contributed by atoms with E-state index in [0.717, 1.165) is 0 Å². The van der Waals surface area contributed by atoms with Gasteiger partial charge < -0.3 is 10.6 Å². The molecular formula is C8H10Br2N4O. The van der Waals surface area contributed by atoms with Gasteiger partial charge in [0.05, 0.1) is 12.2 Å². The second-order valence-corrected chi connectivity index (χ2v) is 4.40. The van der Waals surface area contributed by atoms with E-state index in [9.17, 15) is 4.79 Å². The van der Waals surface area contributed by atoms with E-state index in [-0.39, 0.29) is 11.9 Å². The first-order valence-corrected chi connectivity index (χ1v) is 5.79. The molecule has 1 rings (SSSR count). The summed E-state index contributed by atoms with van der Waals surface area (Å²) in [6.45, 7) is 1.76. The average Bonchev–Trinajstić information content (AvgIpc) is 2.20. The summed E-state index contributed by atoms with van der Waals surface area (Å²) in [4.78, 5) is 19.6. The molecule has 1 atom stereocenters. The Hall–Kier alpha value is -0.530. The Balaban J connectivity index is 2.77. The maximum Gasteiger partial charge on any atom is 0.242 e. The third-order valence-electron chi connectivity index (χ3n) is 1.77. The Morgan fingerprint density at radius 2 is 2.20 bits per heavy atom. The van der Waals surface area contributed by atoms with Crippen LogP contribution in [-0.4, -0.2) is 29.0 Å². The topological polar surface area (TPSA) is 66.9 Å². The van der Waals surface area contributed by atoms with Crippen molar-refractivity contribution in [2.45, 2.75) is 13.0 Å². The predicted molar refractivity (Wildman–Crippen MR) is 64.6 cm³/mol. The number of hydrogen-bond donors (Lipinski definition) is 2. The third-order valence-corrected chi connectivity index (χ3v) is 2.70. The molecule has 15 heavy (non-hydrogen) atoms. The summed E-state index contributed by atoms with van der Waals surface area (Å²) in [5.74, 6) is 0.250. The van der Waals surface area contributed by atoms with Gasteiger partial charge in [0.25, 0.3) is 0 Å². The summed E-state index contributed by atoms with van der Waals surface area (Å²) < 4.78 is 1.10. The Morgan fingerprint density at radius 3 is 2.73 bits per heavy atom. The van der Waals surface area contributed by atoms with Crippen LogP contribution < -0.4 is 10.6 Å². The van der Waals surface area contributed by atoms with Gasteiger partial charge in [0.1, 0.15) is 9.21 Å². The Kier molecular flexibility index (Phi) is 4.62. The SMILES string of the molecule is CNC(C)C(=O)Nc1ncc(Br)nc1Br. The second kappa shape index (κ2) is 5.53. The minimum atomic E-state index is -0.276. The van der Waals surface area contributed by atoms with Gasteiger partial charge in [0, 0.05) is 0 Å². The van der Waals surface area contributed by atoms with Crippen LogP contribution in [0.4, 0.5) is 5.82 Å². The lowest BCUT2D eigenvalue weighted by molar-refractivity contribution is -0.117. The fourth-order valence-electron chi connectivity index (χ4n) is 0.787. The van der Waals surface area contributed by atoms with Gasteiger partial charge in [-0.2, -0.15) is 0 Å². The average molecular weight is 338 g/mol. The summed E-state index contributed by atoms with van der Waals surface area (Å²) in [7, 11) is 1.71. The maximum absolute atomic E-state index is 11.5. The third kappa shape index (κ3) is 3.51. The van der Waals surface area contributed by atoms with Crippen LogP contribution >= 0.6 is 31.9 Å². The van der Waals surface area contributed by atoms with Crippen LogP contribution in [0.1, 0.15) is 6.92 Å². The molecule has 0 aliphatic heterocycles. The van der Waals surface area contributed by atoms with Gasteiger partial charge in [-0.25, -0.2) is 9.97 Å². The number of rotatable bonds is 3. The molecule has 0 aliphatic rings. The molecule has 1 aromatic heterocycles. The molecule has 7 heteroatoms. The second-order valence-electron chi connectivity index (χ2n) is 2.83. The van der Waals surface area contributed by atoms with Crippen molar-refractivity contribution in [2.24, 2.45) is 0 Å². The number of aromatic nitrogens is 2. The van der Waals surface area contributed by atoms with Crippen molar-refractivity contribution in [1.82, 2.24) is 15.3 Å². The van der Waals surface area contributed by atoms with E-state index >= 15 is 0 Å². The lowest BCUT2D eigenvalue weighted by Gasteiger charge is -2.10. The summed E-state index contributed by atoms with van der Waals surface area (Å²) in [5, 5.41) is 5.48. The lowest BCUT2D eigenvalue weighted by Crippen LogP contribution is -2.35. The molecule has 1 unspecified atom stereocenters. The summed E-state index contributed by atoms with van der Waals surface area (Å²) in [6.07, 6.45) is 1.52. The monoisotopic (exact) mass is 336 g/mol. The zero-order chi connectivity index (χ0) is 11.4. The minimum absolute atomic E-state index is 0.158. The fraction of sp³-hybridized carbons (Fsp3) is 0.375. The standard InChI is InChI=1S/C8H10Br2N4O/c1-4(11-2)8(15)14-7-6(10)13-5(9)3-12-7/h3-4,11H,1-2H3,(H,12,14,15). The van der Waals surface area contributed by atoms with Crippen LogP contribution in [0.3, 0.4) is 0 Å². The lowest BCUT2D eigenvalue weighted by atomic mass is 10.3. The van der Waals surface area contributed by atoms with Crippen LogP contribution in [0, 0.1) is 0 Å². The molecule has 82 valence electrons. The normalized spacial score (nSPS) is 12.3. The number of nitrogens with zero attached hydrogens (tertiary/aromatic N) is 2. The van der Waals surface area contributed by atoms with Crippen molar-refractivity contribution in [1.29, 1.82) is 0 Å². The van der Waals surface area contributed by atoms with E-state index in [0.29, 0.717) is 15.0 Å². The molecule has 1 amide bonds. The van der Waals surface area contributed by atoms with Gasteiger partial charge in [0.15, 0.2) is 5.82 Å². The summed E-state index contributed by atoms with van der Waals surface area (Å²) in [6, 6.07) is -0.276. The molecule has 0 bridgehead atoms. The Bertz CT molecular complexity index is 372. The van der Waals surface area contributed by atoms with Crippen molar-refractivity contribution in [3.05, 3.63) is 15.4 Å². The molecule has 0 aromatic carbocycles. The van der Waals surface area contributed by atoms with Gasteiger partial charge in [0.2, 0.25) is 5.91 Å². The van der Waals surface area contributed by atoms with Crippen molar-refractivity contribution in [3.8, 4) is 0 Å². The number of carbonyl (C=O) groups excluding carboxylic acids is 1. The number of anilines is 1. The zero-order valence-corrected chi connectivity index (χ0v) is 11.4. The Labute approximate surface area is 104 Å². The number of likely N-dealkylation sites (N-methyl/N-ethyl adjacent to an activating group) is 1. The highest BCUT2D eigenvalue weighted by molar-refractivity contribution is 9.11. The van der Waals surface area contributed by atoms with E-state index < -0.39 is 0 Å². The van der Waals surface area contributed by atoms with Crippen molar-refractivity contribution >= 4 is 43.6 Å². The summed E-state index contributed by atoms with van der Waals surface area (Å²) >= 11 is 6.38. The molecule has 1 heterocycles. The van der Waals surface area contributed by atoms with E-state index in [1.807, 2.05) is 0 Å². The van der Waals surface area contributed by atoms with Crippen LogP contribution in [-0.2, 0) is 4.79 Å². The molecule has 5 nitrogen and oxygen atoms in total. The van der Waals surface area contributed by atoms with Crippen LogP contribution in [0.15, 0.2) is 15.4 Å². The first-order valence-electron chi connectivity index (χ1n) is 4.20. The molecule has 0 radical (unpaired) electrons. The number of carbonyl (C=O) groups is 1. The first kappa shape index (κ1) is 12.5. The highest BCUT2D eigenvalue weighted by Crippen LogP contribution is 2.19. The maximum atomic E-state index is 11.5. The van der Waals surface area contributed by atoms with Gasteiger partial charge in [-0.1, -0.05) is 0 Å². The first-order chi connectivity index (χ1) is 7.04. The molecular weight excluding hydrogens is 328 g/mol. The fourth-order valence-corrected chi connectivity index (χ4v) is 1.70. The van der Waals surface area contributed by atoms with Crippen molar-refractivity contribution < 1.29 is 4.79 Å². The predicted octanol–water partition coefficient (Wildman–Crippen LogP) is 1.55. The highest BCUT2D eigenvalue weighted by Gasteiger charge is 2.13. The quantitative estimate of drug-likeness (QED) is 0.878. The van der Waals surface area contributed by atoms with E-state index in [1.165, 1.54) is 6.20 Å². The molecule has 0 fully saturated rings. The molecule has 2 N–H and O–H groups in total. The van der Waals surface area contributed by atoms with Crippen LogP contribution in [0.25, 0.3) is 0 Å². The molecule has 0 saturated carbocycles.